The number of nitro groups is 1. The zero-order valence-corrected chi connectivity index (χ0v) is 11.2. The van der Waals surface area contributed by atoms with Crippen molar-refractivity contribution in [3.8, 4) is 0 Å². The number of benzene rings is 1. The monoisotopic (exact) mass is 287 g/mol. The molecule has 0 aliphatic heterocycles. The van der Waals surface area contributed by atoms with E-state index in [0.29, 0.717) is 5.69 Å². The van der Waals surface area contributed by atoms with Crippen molar-refractivity contribution in [1.82, 2.24) is 4.98 Å². The van der Waals surface area contributed by atoms with Gasteiger partial charge >= 0.3 is 5.69 Å². The fourth-order valence-corrected chi connectivity index (χ4v) is 1.86. The van der Waals surface area contributed by atoms with E-state index in [1.807, 2.05) is 0 Å². The van der Waals surface area contributed by atoms with Crippen molar-refractivity contribution in [2.24, 2.45) is 5.84 Å². The molecule has 0 saturated heterocycles. The van der Waals surface area contributed by atoms with Gasteiger partial charge in [0.15, 0.2) is 0 Å². The Hall–Kier alpha value is -3.00. The number of nitro benzene ring substituents is 1. The van der Waals surface area contributed by atoms with Gasteiger partial charge in [-0.2, -0.15) is 0 Å². The summed E-state index contributed by atoms with van der Waals surface area (Å²) < 4.78 is 0. The molecule has 8 nitrogen and oxygen atoms in total. The molecule has 0 saturated carbocycles. The summed E-state index contributed by atoms with van der Waals surface area (Å²) in [5.41, 5.74) is 3.06. The minimum Gasteiger partial charge on any atom is -0.322 e. The molecule has 108 valence electrons. The first-order chi connectivity index (χ1) is 10.0. The zero-order valence-electron chi connectivity index (χ0n) is 11.2. The van der Waals surface area contributed by atoms with Crippen molar-refractivity contribution in [2.75, 3.05) is 10.7 Å². The number of anilines is 2. The first-order valence-corrected chi connectivity index (χ1v) is 6.01. The Balaban J connectivity index is 2.37. The average Bonchev–Trinajstić information content (AvgIpc) is 2.46. The maximum atomic E-state index is 12.2. The van der Waals surface area contributed by atoms with Gasteiger partial charge < -0.3 is 10.7 Å². The number of nitrogen functional groups attached to an aromatic ring is 1. The number of pyridine rings is 1. The van der Waals surface area contributed by atoms with Gasteiger partial charge in [0.05, 0.1) is 4.92 Å². The number of nitrogens with two attached hydrogens (primary N) is 1. The molecule has 4 N–H and O–H groups in total. The quantitative estimate of drug-likeness (QED) is 0.448. The Kier molecular flexibility index (Phi) is 4.10. The van der Waals surface area contributed by atoms with Crippen LogP contribution in [0.1, 0.15) is 16.1 Å². The van der Waals surface area contributed by atoms with E-state index in [9.17, 15) is 14.9 Å². The summed E-state index contributed by atoms with van der Waals surface area (Å²) in [5.74, 6) is 4.64. The smallest absolute Gasteiger partial charge is 0.306 e. The second kappa shape index (κ2) is 5.97. The van der Waals surface area contributed by atoms with Gasteiger partial charge in [-0.15, -0.1) is 0 Å². The summed E-state index contributed by atoms with van der Waals surface area (Å²) >= 11 is 0. The Morgan fingerprint density at radius 1 is 1.38 bits per heavy atom. The molecule has 0 radical (unpaired) electrons. The van der Waals surface area contributed by atoms with Crippen LogP contribution in [0.2, 0.25) is 0 Å². The minimum atomic E-state index is -0.651. The average molecular weight is 287 g/mol. The van der Waals surface area contributed by atoms with Gasteiger partial charge in [0.25, 0.3) is 5.91 Å². The molecule has 8 heteroatoms. The largest absolute Gasteiger partial charge is 0.322 e. The van der Waals surface area contributed by atoms with E-state index in [-0.39, 0.29) is 16.9 Å². The van der Waals surface area contributed by atoms with Gasteiger partial charge in [0.1, 0.15) is 11.3 Å². The normalized spacial score (nSPS) is 10.0. The van der Waals surface area contributed by atoms with Crippen LogP contribution >= 0.6 is 0 Å². The van der Waals surface area contributed by atoms with Crippen LogP contribution in [-0.4, -0.2) is 15.8 Å². The zero-order chi connectivity index (χ0) is 15.4. The Labute approximate surface area is 120 Å². The molecule has 0 fully saturated rings. The van der Waals surface area contributed by atoms with Crippen molar-refractivity contribution in [3.05, 3.63) is 57.9 Å². The van der Waals surface area contributed by atoms with E-state index < -0.39 is 10.8 Å². The molecule has 0 aliphatic rings. The van der Waals surface area contributed by atoms with Gasteiger partial charge in [-0.25, -0.2) is 0 Å². The van der Waals surface area contributed by atoms with Crippen molar-refractivity contribution in [1.29, 1.82) is 0 Å². The van der Waals surface area contributed by atoms with Gasteiger partial charge in [-0.3, -0.25) is 25.7 Å². The Morgan fingerprint density at radius 2 is 2.14 bits per heavy atom. The second-order valence-corrected chi connectivity index (χ2v) is 4.24. The molecule has 2 rings (SSSR count). The molecule has 1 aromatic carbocycles. The van der Waals surface area contributed by atoms with Crippen LogP contribution in [0.15, 0.2) is 36.5 Å². The van der Waals surface area contributed by atoms with Crippen LogP contribution in [0, 0.1) is 17.0 Å². The number of amides is 1. The molecule has 1 aromatic heterocycles. The first kappa shape index (κ1) is 14.4. The van der Waals surface area contributed by atoms with E-state index in [4.69, 9.17) is 5.84 Å². The summed E-state index contributed by atoms with van der Waals surface area (Å²) in [7, 11) is 0. The number of hydrazine groups is 1. The number of rotatable bonds is 4. The highest BCUT2D eigenvalue weighted by Crippen LogP contribution is 2.28. The van der Waals surface area contributed by atoms with Crippen molar-refractivity contribution in [2.45, 2.75) is 6.92 Å². The van der Waals surface area contributed by atoms with E-state index in [1.165, 1.54) is 24.4 Å². The van der Waals surface area contributed by atoms with Crippen molar-refractivity contribution >= 4 is 23.0 Å². The van der Waals surface area contributed by atoms with E-state index in [2.05, 4.69) is 15.7 Å². The molecule has 0 spiro atoms. The second-order valence-electron chi connectivity index (χ2n) is 4.24. The molecular weight excluding hydrogens is 274 g/mol. The maximum Gasteiger partial charge on any atom is 0.306 e. The van der Waals surface area contributed by atoms with E-state index in [1.54, 1.807) is 19.1 Å². The van der Waals surface area contributed by atoms with Crippen LogP contribution in [0.3, 0.4) is 0 Å². The van der Waals surface area contributed by atoms with Gasteiger partial charge in [0.2, 0.25) is 0 Å². The molecule has 1 amide bonds. The lowest BCUT2D eigenvalue weighted by atomic mass is 10.1. The SMILES string of the molecule is Cc1cc(NC(=O)c2cccc(NN)c2[N+](=O)[O-])ccn1. The lowest BCUT2D eigenvalue weighted by Gasteiger charge is -2.08. The number of nitrogens with zero attached hydrogens (tertiary/aromatic N) is 2. The molecular formula is C13H13N5O3. The van der Waals surface area contributed by atoms with Crippen LogP contribution in [0.25, 0.3) is 0 Å². The molecule has 0 atom stereocenters. The number of carbonyl (C=O) groups is 1. The summed E-state index contributed by atoms with van der Waals surface area (Å²) in [6.07, 6.45) is 1.54. The number of hydrogen-bond donors (Lipinski definition) is 3. The number of hydrogen-bond acceptors (Lipinski definition) is 6. The fraction of sp³-hybridized carbons (Fsp3) is 0.0769. The maximum absolute atomic E-state index is 12.2. The highest BCUT2D eigenvalue weighted by Gasteiger charge is 2.24. The van der Waals surface area contributed by atoms with Gasteiger partial charge in [-0.1, -0.05) is 6.07 Å². The van der Waals surface area contributed by atoms with Crippen LogP contribution in [0.4, 0.5) is 17.1 Å². The van der Waals surface area contributed by atoms with Crippen molar-refractivity contribution < 1.29 is 9.72 Å². The van der Waals surface area contributed by atoms with Gasteiger partial charge in [-0.05, 0) is 31.2 Å². The summed E-state index contributed by atoms with van der Waals surface area (Å²) in [6.45, 7) is 1.77. The third-order valence-electron chi connectivity index (χ3n) is 2.77. The predicted molar refractivity (Wildman–Crippen MR) is 77.8 cm³/mol. The van der Waals surface area contributed by atoms with Gasteiger partial charge in [0, 0.05) is 17.6 Å². The number of aryl methyl sites for hydroxylation is 1. The minimum absolute atomic E-state index is 0.0681. The third-order valence-corrected chi connectivity index (χ3v) is 2.77. The summed E-state index contributed by atoms with van der Waals surface area (Å²) in [5, 5.41) is 13.7. The van der Waals surface area contributed by atoms with E-state index >= 15 is 0 Å². The molecule has 0 aliphatic carbocycles. The Bertz CT molecular complexity index is 702. The van der Waals surface area contributed by atoms with Crippen LogP contribution in [0.5, 0.6) is 0 Å². The lowest BCUT2D eigenvalue weighted by molar-refractivity contribution is -0.384. The topological polar surface area (TPSA) is 123 Å². The lowest BCUT2D eigenvalue weighted by Crippen LogP contribution is -2.16. The highest BCUT2D eigenvalue weighted by molar-refractivity contribution is 6.08. The summed E-state index contributed by atoms with van der Waals surface area (Å²) in [6, 6.07) is 7.55. The molecule has 0 bridgehead atoms. The predicted octanol–water partition coefficient (Wildman–Crippen LogP) is 1.84. The molecule has 0 unspecified atom stereocenters. The number of aromatic nitrogens is 1. The summed E-state index contributed by atoms with van der Waals surface area (Å²) in [4.78, 5) is 26.7. The van der Waals surface area contributed by atoms with Crippen LogP contribution in [-0.2, 0) is 0 Å². The number of para-hydroxylation sites is 1. The number of nitrogens with one attached hydrogen (secondary N) is 2. The highest BCUT2D eigenvalue weighted by atomic mass is 16.6. The van der Waals surface area contributed by atoms with Crippen LogP contribution < -0.4 is 16.6 Å². The van der Waals surface area contributed by atoms with E-state index in [0.717, 1.165) is 5.69 Å². The third kappa shape index (κ3) is 3.12. The molecule has 2 aromatic rings. The molecule has 21 heavy (non-hydrogen) atoms. The first-order valence-electron chi connectivity index (χ1n) is 6.01. The number of carbonyl (C=O) groups excluding carboxylic acids is 1. The molecule has 1 heterocycles. The fourth-order valence-electron chi connectivity index (χ4n) is 1.86. The van der Waals surface area contributed by atoms with Crippen molar-refractivity contribution in [3.63, 3.8) is 0 Å². The standard InChI is InChI=1S/C13H13N5O3/c1-8-7-9(5-6-15-8)16-13(19)10-3-2-4-11(17-14)12(10)18(20)21/h2-7,17H,14H2,1H3,(H,15,16,19). The Morgan fingerprint density at radius 3 is 2.76 bits per heavy atom.